The van der Waals surface area contributed by atoms with Crippen molar-refractivity contribution >= 4 is 27.3 Å². The molecule has 2 heterocycles. The van der Waals surface area contributed by atoms with Gasteiger partial charge in [0.2, 0.25) is 0 Å². The molecule has 0 N–H and O–H groups in total. The number of thiophene rings is 1. The minimum absolute atomic E-state index is 0.0424. The van der Waals surface area contributed by atoms with E-state index in [1.54, 1.807) is 15.9 Å². The van der Waals surface area contributed by atoms with Crippen molar-refractivity contribution in [3.63, 3.8) is 0 Å². The molecule has 0 unspecified atom stereocenters. The Labute approximate surface area is 156 Å². The fraction of sp³-hybridized carbons (Fsp3) is 0.381. The molecular formula is C21H22N2O2S. The molecule has 0 amide bonds. The summed E-state index contributed by atoms with van der Waals surface area (Å²) in [6.07, 6.45) is 4.28. The Hall–Kier alpha value is -2.27. The standard InChI is InChI=1S/C21H22N2O2S/c1-12-8-9-15(10-13(12)2)17(24)11-23-14(3)22-20-19(21(23)25)16-6-4-5-7-18(16)26-20/h8-10H,4-7,11H2,1-3H3. The van der Waals surface area contributed by atoms with E-state index in [-0.39, 0.29) is 17.9 Å². The van der Waals surface area contributed by atoms with Crippen molar-refractivity contribution in [1.29, 1.82) is 0 Å². The summed E-state index contributed by atoms with van der Waals surface area (Å²) in [5, 5.41) is 0.739. The third-order valence-corrected chi connectivity index (χ3v) is 6.58. The van der Waals surface area contributed by atoms with Gasteiger partial charge in [-0.05, 0) is 69.2 Å². The molecule has 4 rings (SSSR count). The number of hydrogen-bond donors (Lipinski definition) is 0. The summed E-state index contributed by atoms with van der Waals surface area (Å²) in [5.41, 5.74) is 3.99. The second-order valence-electron chi connectivity index (χ2n) is 7.16. The van der Waals surface area contributed by atoms with Gasteiger partial charge < -0.3 is 0 Å². The molecule has 3 aromatic rings. The van der Waals surface area contributed by atoms with Crippen molar-refractivity contribution in [1.82, 2.24) is 9.55 Å². The monoisotopic (exact) mass is 366 g/mol. The van der Waals surface area contributed by atoms with Gasteiger partial charge in [0.15, 0.2) is 5.78 Å². The lowest BCUT2D eigenvalue weighted by Crippen LogP contribution is -2.27. The van der Waals surface area contributed by atoms with Crippen molar-refractivity contribution < 1.29 is 4.79 Å². The first kappa shape index (κ1) is 17.2. The van der Waals surface area contributed by atoms with Gasteiger partial charge in [0.25, 0.3) is 5.56 Å². The van der Waals surface area contributed by atoms with E-state index >= 15 is 0 Å². The number of hydrogen-bond acceptors (Lipinski definition) is 4. The van der Waals surface area contributed by atoms with Gasteiger partial charge in [-0.1, -0.05) is 12.1 Å². The molecule has 1 aliphatic carbocycles. The Morgan fingerprint density at radius 3 is 2.69 bits per heavy atom. The van der Waals surface area contributed by atoms with Gasteiger partial charge in [-0.25, -0.2) is 4.98 Å². The van der Waals surface area contributed by atoms with Crippen LogP contribution in [0.4, 0.5) is 0 Å². The van der Waals surface area contributed by atoms with Crippen LogP contribution in [0.25, 0.3) is 10.2 Å². The molecule has 0 atom stereocenters. The molecule has 0 bridgehead atoms. The van der Waals surface area contributed by atoms with Crippen LogP contribution >= 0.6 is 11.3 Å². The second-order valence-corrected chi connectivity index (χ2v) is 8.25. The molecule has 0 saturated carbocycles. The predicted octanol–water partition coefficient (Wildman–Crippen LogP) is 4.14. The largest absolute Gasteiger partial charge is 0.292 e. The molecule has 4 nitrogen and oxygen atoms in total. The Morgan fingerprint density at radius 2 is 1.92 bits per heavy atom. The van der Waals surface area contributed by atoms with Gasteiger partial charge in [0, 0.05) is 10.4 Å². The van der Waals surface area contributed by atoms with Crippen LogP contribution in [0.5, 0.6) is 0 Å². The van der Waals surface area contributed by atoms with E-state index in [2.05, 4.69) is 4.98 Å². The number of Topliss-reactive ketones (excluding diaryl/α,β-unsaturated/α-hetero) is 1. The van der Waals surface area contributed by atoms with Crippen molar-refractivity contribution in [2.45, 2.75) is 53.0 Å². The number of aryl methyl sites for hydroxylation is 5. The summed E-state index contributed by atoms with van der Waals surface area (Å²) in [4.78, 5) is 32.7. The number of rotatable bonds is 3. The van der Waals surface area contributed by atoms with Gasteiger partial charge in [-0.2, -0.15) is 0 Å². The number of carbonyl (C=O) groups is 1. The van der Waals surface area contributed by atoms with Gasteiger partial charge in [0.05, 0.1) is 11.9 Å². The Morgan fingerprint density at radius 1 is 1.15 bits per heavy atom. The number of fused-ring (bicyclic) bond motifs is 3. The van der Waals surface area contributed by atoms with E-state index < -0.39 is 0 Å². The fourth-order valence-corrected chi connectivity index (χ4v) is 4.97. The Balaban J connectivity index is 1.77. The van der Waals surface area contributed by atoms with Crippen LogP contribution in [0.2, 0.25) is 0 Å². The predicted molar refractivity (Wildman–Crippen MR) is 106 cm³/mol. The molecule has 26 heavy (non-hydrogen) atoms. The summed E-state index contributed by atoms with van der Waals surface area (Å²) in [5.74, 6) is 0.557. The van der Waals surface area contributed by atoms with Crippen LogP contribution in [0.1, 0.15) is 50.6 Å². The zero-order valence-electron chi connectivity index (χ0n) is 15.4. The topological polar surface area (TPSA) is 52.0 Å². The van der Waals surface area contributed by atoms with Crippen molar-refractivity contribution in [3.8, 4) is 0 Å². The maximum Gasteiger partial charge on any atom is 0.262 e. The van der Waals surface area contributed by atoms with Crippen LogP contribution in [-0.2, 0) is 19.4 Å². The zero-order valence-corrected chi connectivity index (χ0v) is 16.2. The average molecular weight is 366 g/mol. The Bertz CT molecular complexity index is 1090. The third kappa shape index (κ3) is 2.80. The van der Waals surface area contributed by atoms with Crippen molar-refractivity contribution in [3.05, 3.63) is 61.5 Å². The molecule has 5 heteroatoms. The lowest BCUT2D eigenvalue weighted by Gasteiger charge is -2.12. The minimum Gasteiger partial charge on any atom is -0.292 e. The van der Waals surface area contributed by atoms with E-state index in [1.807, 2.05) is 39.0 Å². The highest BCUT2D eigenvalue weighted by molar-refractivity contribution is 7.18. The van der Waals surface area contributed by atoms with E-state index in [9.17, 15) is 9.59 Å². The van der Waals surface area contributed by atoms with Crippen LogP contribution in [-0.4, -0.2) is 15.3 Å². The van der Waals surface area contributed by atoms with E-state index in [4.69, 9.17) is 0 Å². The third-order valence-electron chi connectivity index (χ3n) is 5.40. The lowest BCUT2D eigenvalue weighted by molar-refractivity contribution is 0.0969. The number of nitrogens with zero attached hydrogens (tertiary/aromatic N) is 2. The molecule has 134 valence electrons. The Kier molecular flexibility index (Phi) is 4.27. The van der Waals surface area contributed by atoms with Crippen LogP contribution in [0.3, 0.4) is 0 Å². The zero-order chi connectivity index (χ0) is 18.4. The highest BCUT2D eigenvalue weighted by Gasteiger charge is 2.22. The van der Waals surface area contributed by atoms with Gasteiger partial charge in [-0.15, -0.1) is 11.3 Å². The molecule has 1 aromatic carbocycles. The smallest absolute Gasteiger partial charge is 0.262 e. The van der Waals surface area contributed by atoms with E-state index in [1.165, 1.54) is 16.9 Å². The van der Waals surface area contributed by atoms with Gasteiger partial charge >= 0.3 is 0 Å². The number of benzene rings is 1. The quantitative estimate of drug-likeness (QED) is 0.655. The molecule has 0 radical (unpaired) electrons. The summed E-state index contributed by atoms with van der Waals surface area (Å²) in [6, 6.07) is 5.69. The summed E-state index contributed by atoms with van der Waals surface area (Å²) in [7, 11) is 0. The highest BCUT2D eigenvalue weighted by atomic mass is 32.1. The highest BCUT2D eigenvalue weighted by Crippen LogP contribution is 2.33. The molecule has 0 saturated heterocycles. The molecule has 1 aliphatic rings. The van der Waals surface area contributed by atoms with Gasteiger partial charge in [-0.3, -0.25) is 14.2 Å². The molecule has 0 spiro atoms. The van der Waals surface area contributed by atoms with Crippen LogP contribution in [0.15, 0.2) is 23.0 Å². The SMILES string of the molecule is Cc1ccc(C(=O)Cn2c(C)nc3sc4c(c3c2=O)CCCC4)cc1C. The second kappa shape index (κ2) is 6.47. The van der Waals surface area contributed by atoms with Crippen LogP contribution < -0.4 is 5.56 Å². The van der Waals surface area contributed by atoms with Gasteiger partial charge in [0.1, 0.15) is 10.7 Å². The maximum absolute atomic E-state index is 13.1. The molecule has 2 aromatic heterocycles. The fourth-order valence-electron chi connectivity index (χ4n) is 3.68. The average Bonchev–Trinajstić information content (AvgIpc) is 2.98. The van der Waals surface area contributed by atoms with Crippen molar-refractivity contribution in [2.75, 3.05) is 0 Å². The normalized spacial score (nSPS) is 13.8. The number of aromatic nitrogens is 2. The first-order valence-corrected chi connectivity index (χ1v) is 9.89. The molecule has 0 fully saturated rings. The van der Waals surface area contributed by atoms with Crippen LogP contribution in [0, 0.1) is 20.8 Å². The summed E-state index contributed by atoms with van der Waals surface area (Å²) < 4.78 is 1.54. The molecular weight excluding hydrogens is 344 g/mol. The summed E-state index contributed by atoms with van der Waals surface area (Å²) in [6.45, 7) is 5.87. The number of carbonyl (C=O) groups excluding carboxylic acids is 1. The number of ketones is 1. The maximum atomic E-state index is 13.1. The lowest BCUT2D eigenvalue weighted by atomic mass is 9.97. The first-order valence-electron chi connectivity index (χ1n) is 9.08. The van der Waals surface area contributed by atoms with E-state index in [0.717, 1.165) is 40.6 Å². The molecule has 0 aliphatic heterocycles. The summed E-state index contributed by atoms with van der Waals surface area (Å²) >= 11 is 1.65. The van der Waals surface area contributed by atoms with E-state index in [0.29, 0.717) is 11.4 Å². The minimum atomic E-state index is -0.0657. The first-order chi connectivity index (χ1) is 12.5. The van der Waals surface area contributed by atoms with Crippen molar-refractivity contribution in [2.24, 2.45) is 0 Å².